The van der Waals surface area contributed by atoms with Gasteiger partial charge in [-0.15, -0.1) is 11.3 Å². The molecule has 0 bridgehead atoms. The van der Waals surface area contributed by atoms with Crippen LogP contribution in [-0.2, 0) is 13.2 Å². The smallest absolute Gasteiger partial charge is 0.265 e. The van der Waals surface area contributed by atoms with Crippen LogP contribution >= 0.6 is 22.9 Å². The van der Waals surface area contributed by atoms with Crippen molar-refractivity contribution in [1.82, 2.24) is 9.78 Å². The molecule has 5 nitrogen and oxygen atoms in total. The lowest BCUT2D eigenvalue weighted by molar-refractivity contribution is 0.103. The Morgan fingerprint density at radius 1 is 1.16 bits per heavy atom. The molecule has 7 heteroatoms. The zero-order valence-electron chi connectivity index (χ0n) is 17.3. The summed E-state index contributed by atoms with van der Waals surface area (Å²) in [6.07, 6.45) is 3.37. The number of amides is 1. The average molecular weight is 452 g/mol. The van der Waals surface area contributed by atoms with Crippen LogP contribution in [0.3, 0.4) is 0 Å². The van der Waals surface area contributed by atoms with Gasteiger partial charge in [0.2, 0.25) is 0 Å². The first kappa shape index (κ1) is 21.2. The highest BCUT2D eigenvalue weighted by atomic mass is 35.5. The summed E-state index contributed by atoms with van der Waals surface area (Å²) in [7, 11) is 0. The van der Waals surface area contributed by atoms with Crippen LogP contribution in [-0.4, -0.2) is 15.7 Å². The molecule has 0 aliphatic rings. The van der Waals surface area contributed by atoms with Gasteiger partial charge in [0.1, 0.15) is 12.4 Å². The molecule has 0 atom stereocenters. The van der Waals surface area contributed by atoms with E-state index in [1.165, 1.54) is 11.3 Å². The van der Waals surface area contributed by atoms with E-state index in [9.17, 15) is 4.79 Å². The number of aryl methyl sites for hydroxylation is 2. The Balaban J connectivity index is 1.37. The van der Waals surface area contributed by atoms with Crippen molar-refractivity contribution in [3.8, 4) is 5.75 Å². The van der Waals surface area contributed by atoms with Crippen LogP contribution in [0.2, 0.25) is 5.02 Å². The summed E-state index contributed by atoms with van der Waals surface area (Å²) in [6, 6.07) is 15.7. The van der Waals surface area contributed by atoms with Crippen LogP contribution in [0.25, 0.3) is 0 Å². The summed E-state index contributed by atoms with van der Waals surface area (Å²) < 4.78 is 7.70. The van der Waals surface area contributed by atoms with Gasteiger partial charge in [0, 0.05) is 17.4 Å². The second-order valence-electron chi connectivity index (χ2n) is 7.39. The minimum absolute atomic E-state index is 0.137. The summed E-state index contributed by atoms with van der Waals surface area (Å²) in [6.45, 7) is 5.07. The number of aromatic nitrogens is 2. The van der Waals surface area contributed by atoms with Gasteiger partial charge in [-0.1, -0.05) is 35.9 Å². The van der Waals surface area contributed by atoms with E-state index in [2.05, 4.69) is 16.5 Å². The molecule has 0 spiro atoms. The van der Waals surface area contributed by atoms with Gasteiger partial charge in [-0.05, 0) is 60.2 Å². The number of nitrogens with one attached hydrogen (secondary N) is 1. The molecule has 2 heterocycles. The molecule has 0 saturated carbocycles. The second kappa shape index (κ2) is 9.37. The van der Waals surface area contributed by atoms with E-state index in [0.717, 1.165) is 33.7 Å². The van der Waals surface area contributed by atoms with Gasteiger partial charge in [-0.25, -0.2) is 0 Å². The van der Waals surface area contributed by atoms with Gasteiger partial charge < -0.3 is 10.1 Å². The molecule has 4 rings (SSSR count). The monoisotopic (exact) mass is 451 g/mol. The third-order valence-corrected chi connectivity index (χ3v) is 5.92. The van der Waals surface area contributed by atoms with E-state index >= 15 is 0 Å². The molecule has 2 aromatic heterocycles. The van der Waals surface area contributed by atoms with Gasteiger partial charge in [0.25, 0.3) is 5.91 Å². The highest BCUT2D eigenvalue weighted by Gasteiger charge is 2.11. The molecule has 0 unspecified atom stereocenters. The molecule has 0 aliphatic carbocycles. The Hall–Kier alpha value is -3.09. The Labute approximate surface area is 190 Å². The van der Waals surface area contributed by atoms with E-state index < -0.39 is 0 Å². The van der Waals surface area contributed by atoms with E-state index in [4.69, 9.17) is 16.3 Å². The maximum absolute atomic E-state index is 12.7. The van der Waals surface area contributed by atoms with Crippen molar-refractivity contribution in [2.45, 2.75) is 27.0 Å². The van der Waals surface area contributed by atoms with Crippen LogP contribution < -0.4 is 10.1 Å². The maximum Gasteiger partial charge on any atom is 0.265 e. The lowest BCUT2D eigenvalue weighted by Crippen LogP contribution is -2.10. The van der Waals surface area contributed by atoms with Gasteiger partial charge in [0.15, 0.2) is 0 Å². The number of thiophene rings is 1. The quantitative estimate of drug-likeness (QED) is 0.369. The second-order valence-corrected chi connectivity index (χ2v) is 8.74. The number of anilines is 1. The van der Waals surface area contributed by atoms with Gasteiger partial charge in [-0.3, -0.25) is 9.48 Å². The molecule has 31 heavy (non-hydrogen) atoms. The SMILES string of the molecule is Cc1ccc(C)c(OCc2csc(C(=O)Nc3cccc(Cn4cc(Cl)cn4)c3)c2)c1. The van der Waals surface area contributed by atoms with Gasteiger partial charge in [-0.2, -0.15) is 5.10 Å². The number of hydrogen-bond donors (Lipinski definition) is 1. The normalized spacial score (nSPS) is 10.8. The highest BCUT2D eigenvalue weighted by molar-refractivity contribution is 7.12. The zero-order valence-corrected chi connectivity index (χ0v) is 18.8. The molecule has 1 amide bonds. The molecule has 1 N–H and O–H groups in total. The maximum atomic E-state index is 12.7. The van der Waals surface area contributed by atoms with E-state index in [1.54, 1.807) is 17.1 Å². The number of benzene rings is 2. The molecule has 2 aromatic carbocycles. The minimum atomic E-state index is -0.137. The van der Waals surface area contributed by atoms with E-state index in [1.807, 2.05) is 61.7 Å². The fourth-order valence-corrected chi connectivity index (χ4v) is 4.09. The van der Waals surface area contributed by atoms with Crippen LogP contribution in [0.15, 0.2) is 66.3 Å². The molecule has 4 aromatic rings. The predicted octanol–water partition coefficient (Wildman–Crippen LogP) is 6.09. The third kappa shape index (κ3) is 5.54. The number of carbonyl (C=O) groups excluding carboxylic acids is 1. The molecular weight excluding hydrogens is 430 g/mol. The summed E-state index contributed by atoms with van der Waals surface area (Å²) in [5, 5.41) is 9.71. The van der Waals surface area contributed by atoms with E-state index in [0.29, 0.717) is 23.1 Å². The fourth-order valence-electron chi connectivity index (χ4n) is 3.15. The van der Waals surface area contributed by atoms with Gasteiger partial charge in [0.05, 0.1) is 22.6 Å². The molecule has 0 aliphatic heterocycles. The molecule has 0 fully saturated rings. The van der Waals surface area contributed by atoms with Crippen LogP contribution in [0.1, 0.15) is 31.9 Å². The summed E-state index contributed by atoms with van der Waals surface area (Å²) >= 11 is 7.33. The lowest BCUT2D eigenvalue weighted by Gasteiger charge is -2.09. The van der Waals surface area contributed by atoms with Crippen LogP contribution in [0.5, 0.6) is 5.75 Å². The van der Waals surface area contributed by atoms with Gasteiger partial charge >= 0.3 is 0 Å². The number of halogens is 1. The molecule has 0 saturated heterocycles. The Bertz CT molecular complexity index is 1220. The highest BCUT2D eigenvalue weighted by Crippen LogP contribution is 2.23. The van der Waals surface area contributed by atoms with E-state index in [-0.39, 0.29) is 5.91 Å². The third-order valence-electron chi connectivity index (χ3n) is 4.75. The molecule has 0 radical (unpaired) electrons. The zero-order chi connectivity index (χ0) is 21.8. The average Bonchev–Trinajstić information content (AvgIpc) is 3.38. The largest absolute Gasteiger partial charge is 0.489 e. The van der Waals surface area contributed by atoms with Crippen molar-refractivity contribution in [2.24, 2.45) is 0 Å². The lowest BCUT2D eigenvalue weighted by atomic mass is 10.1. The fraction of sp³-hybridized carbons (Fsp3) is 0.167. The summed E-state index contributed by atoms with van der Waals surface area (Å²) in [5.74, 6) is 0.731. The first-order valence-corrected chi connectivity index (χ1v) is 11.1. The topological polar surface area (TPSA) is 56.1 Å². The Kier molecular flexibility index (Phi) is 6.39. The minimum Gasteiger partial charge on any atom is -0.489 e. The summed E-state index contributed by atoms with van der Waals surface area (Å²) in [5.41, 5.74) is 4.98. The number of rotatable bonds is 7. The number of hydrogen-bond acceptors (Lipinski definition) is 4. The first-order chi connectivity index (χ1) is 15.0. The van der Waals surface area contributed by atoms with Crippen molar-refractivity contribution in [3.63, 3.8) is 0 Å². The number of ether oxygens (including phenoxy) is 1. The van der Waals surface area contributed by atoms with Crippen molar-refractivity contribution < 1.29 is 9.53 Å². The molecule has 158 valence electrons. The van der Waals surface area contributed by atoms with Crippen molar-refractivity contribution in [1.29, 1.82) is 0 Å². The summed E-state index contributed by atoms with van der Waals surface area (Å²) in [4.78, 5) is 13.3. The predicted molar refractivity (Wildman–Crippen MR) is 125 cm³/mol. The van der Waals surface area contributed by atoms with Crippen molar-refractivity contribution >= 4 is 34.5 Å². The number of carbonyl (C=O) groups is 1. The Morgan fingerprint density at radius 3 is 2.84 bits per heavy atom. The van der Waals surface area contributed by atoms with Crippen molar-refractivity contribution in [3.05, 3.63) is 98.5 Å². The number of nitrogens with zero attached hydrogens (tertiary/aromatic N) is 2. The standard InChI is InChI=1S/C24H22ClN3O2S/c1-16-6-7-17(2)22(8-16)30-14-19-10-23(31-15-19)24(29)27-21-5-3-4-18(9-21)12-28-13-20(25)11-26-28/h3-11,13,15H,12,14H2,1-2H3,(H,27,29). The Morgan fingerprint density at radius 2 is 2.03 bits per heavy atom. The molecular formula is C24H22ClN3O2S. The van der Waals surface area contributed by atoms with Crippen LogP contribution in [0, 0.1) is 13.8 Å². The van der Waals surface area contributed by atoms with Crippen LogP contribution in [0.4, 0.5) is 5.69 Å². The van der Waals surface area contributed by atoms with Crippen molar-refractivity contribution in [2.75, 3.05) is 5.32 Å². The first-order valence-electron chi connectivity index (χ1n) is 9.82.